The number of nitriles is 3. The lowest BCUT2D eigenvalue weighted by molar-refractivity contribution is -0.147. The van der Waals surface area contributed by atoms with Crippen molar-refractivity contribution in [3.63, 3.8) is 0 Å². The van der Waals surface area contributed by atoms with E-state index in [1.807, 2.05) is 50.3 Å². The minimum atomic E-state index is -0.473. The second kappa shape index (κ2) is 16.2. The zero-order valence-electron chi connectivity index (χ0n) is 28.1. The van der Waals surface area contributed by atoms with Gasteiger partial charge in [-0.3, -0.25) is 9.59 Å². The molecular weight excluding hydrogens is 677 g/mol. The Morgan fingerprint density at radius 3 is 2.38 bits per heavy atom. The Labute approximate surface area is 297 Å². The van der Waals surface area contributed by atoms with Gasteiger partial charge in [-0.05, 0) is 37.6 Å². The number of ether oxygens (including phenoxy) is 3. The maximum Gasteiger partial charge on any atom is 0.308 e. The number of thiazole rings is 1. The van der Waals surface area contributed by atoms with Gasteiger partial charge >= 0.3 is 5.97 Å². The number of unbranched alkanes of at least 4 members (excludes halogenated alkanes) is 1. The lowest BCUT2D eigenvalue weighted by atomic mass is 10.0. The van der Waals surface area contributed by atoms with Crippen LogP contribution in [0.2, 0.25) is 0 Å². The number of carbonyl (C=O) groups is 2. The molecule has 0 saturated heterocycles. The predicted octanol–water partition coefficient (Wildman–Crippen LogP) is 7.30. The number of aromatic nitrogens is 1. The Morgan fingerprint density at radius 2 is 1.76 bits per heavy atom. The maximum atomic E-state index is 13.9. The highest BCUT2D eigenvalue weighted by molar-refractivity contribution is 7.24. The number of likely N-dealkylation sites (N-methyl/N-ethyl adjacent to an activating group) is 1. The van der Waals surface area contributed by atoms with Crippen molar-refractivity contribution in [1.82, 2.24) is 9.88 Å². The van der Waals surface area contributed by atoms with E-state index in [0.717, 1.165) is 18.7 Å². The molecule has 1 amide bonds. The standard InChI is InChI=1S/C35H34N8O5S2/c1-5-7-12-43-28(22(17-36)18-37)25(19-38)27(33(43)44)32-30-29(46-15-16-47-30)31(50-32)26-20-39-35(49-26)41-40-23-8-10-24(11-9-23)42(6-2)13-14-48-34(45)21(3)4/h8-11,20-21H,5-7,12-16H2,1-4H3/b41-40+. The Morgan fingerprint density at radius 1 is 1.06 bits per heavy atom. The van der Waals surface area contributed by atoms with Crippen LogP contribution in [0.3, 0.4) is 0 Å². The van der Waals surface area contributed by atoms with E-state index >= 15 is 0 Å². The Hall–Kier alpha value is -5.56. The summed E-state index contributed by atoms with van der Waals surface area (Å²) in [6, 6.07) is 13.3. The Bertz CT molecular complexity index is 1970. The van der Waals surface area contributed by atoms with Crippen LogP contribution in [0.25, 0.3) is 15.3 Å². The third-order valence-electron chi connectivity index (χ3n) is 7.79. The molecule has 0 aliphatic carbocycles. The van der Waals surface area contributed by atoms with Crippen LogP contribution in [0.5, 0.6) is 11.5 Å². The highest BCUT2D eigenvalue weighted by Gasteiger charge is 2.42. The van der Waals surface area contributed by atoms with Gasteiger partial charge < -0.3 is 24.0 Å². The van der Waals surface area contributed by atoms with Crippen molar-refractivity contribution < 1.29 is 23.8 Å². The number of amides is 1. The lowest BCUT2D eigenvalue weighted by Crippen LogP contribution is -2.28. The number of anilines is 1. The number of esters is 1. The number of carbonyl (C=O) groups excluding carboxylic acids is 2. The van der Waals surface area contributed by atoms with Crippen molar-refractivity contribution in [1.29, 1.82) is 15.8 Å². The van der Waals surface area contributed by atoms with Gasteiger partial charge in [-0.15, -0.1) is 21.6 Å². The quantitative estimate of drug-likeness (QED) is 0.0993. The molecule has 3 aromatic rings. The molecule has 0 saturated carbocycles. The van der Waals surface area contributed by atoms with Gasteiger partial charge in [-0.2, -0.15) is 15.8 Å². The van der Waals surface area contributed by atoms with Crippen molar-refractivity contribution in [2.24, 2.45) is 16.1 Å². The van der Waals surface area contributed by atoms with E-state index < -0.39 is 5.91 Å². The second-order valence-electron chi connectivity index (χ2n) is 11.4. The average molecular weight is 711 g/mol. The largest absolute Gasteiger partial charge is 0.485 e. The van der Waals surface area contributed by atoms with E-state index in [2.05, 4.69) is 26.2 Å². The fraction of sp³-hybridized carbons (Fsp3) is 0.371. The maximum absolute atomic E-state index is 13.9. The van der Waals surface area contributed by atoms with Crippen LogP contribution < -0.4 is 14.4 Å². The van der Waals surface area contributed by atoms with Crippen molar-refractivity contribution in [2.45, 2.75) is 40.5 Å². The molecule has 0 unspecified atom stereocenters. The number of hydrogen-bond donors (Lipinski definition) is 0. The van der Waals surface area contributed by atoms with Crippen LogP contribution in [-0.4, -0.2) is 61.2 Å². The highest BCUT2D eigenvalue weighted by Crippen LogP contribution is 2.55. The first-order chi connectivity index (χ1) is 24.3. The van der Waals surface area contributed by atoms with Crippen LogP contribution in [0.4, 0.5) is 16.5 Å². The van der Waals surface area contributed by atoms with Crippen molar-refractivity contribution in [3.05, 3.63) is 52.2 Å². The molecule has 4 heterocycles. The molecule has 2 aliphatic heterocycles. The molecule has 5 rings (SSSR count). The number of nitrogens with zero attached hydrogens (tertiary/aromatic N) is 8. The fourth-order valence-electron chi connectivity index (χ4n) is 5.25. The predicted molar refractivity (Wildman–Crippen MR) is 188 cm³/mol. The second-order valence-corrected chi connectivity index (χ2v) is 13.4. The van der Waals surface area contributed by atoms with Gasteiger partial charge in [0.05, 0.1) is 49.6 Å². The molecular formula is C35H34N8O5S2. The van der Waals surface area contributed by atoms with Crippen LogP contribution in [-0.2, 0) is 14.3 Å². The monoisotopic (exact) mass is 710 g/mol. The van der Waals surface area contributed by atoms with Crippen LogP contribution in [0.1, 0.15) is 45.4 Å². The molecule has 0 radical (unpaired) electrons. The number of thiophene rings is 1. The molecule has 13 nitrogen and oxygen atoms in total. The number of hydrogen-bond acceptors (Lipinski definition) is 14. The number of allylic oxidation sites excluding steroid dienone is 2. The van der Waals surface area contributed by atoms with Crippen LogP contribution in [0, 0.1) is 39.9 Å². The van der Waals surface area contributed by atoms with Crippen molar-refractivity contribution in [3.8, 4) is 39.5 Å². The van der Waals surface area contributed by atoms with Gasteiger partial charge in [0.15, 0.2) is 17.1 Å². The molecule has 0 atom stereocenters. The molecule has 2 aliphatic rings. The van der Waals surface area contributed by atoms with E-state index in [0.29, 0.717) is 56.5 Å². The van der Waals surface area contributed by atoms with Gasteiger partial charge in [0.1, 0.15) is 38.0 Å². The number of benzene rings is 1. The molecule has 0 fully saturated rings. The average Bonchev–Trinajstić information content (AvgIpc) is 3.83. The molecule has 1 aromatic carbocycles. The topological polar surface area (TPSA) is 177 Å². The van der Waals surface area contributed by atoms with Gasteiger partial charge in [-0.25, -0.2) is 4.98 Å². The SMILES string of the molecule is CCCCN1C(=O)C(c2sc(-c3cnc(/N=N/c4ccc(N(CC)CCOC(=O)C(C)C)cc4)s3)c3c2OCCO3)=C(C#N)C1=C(C#N)C#N. The van der Waals surface area contributed by atoms with Gasteiger partial charge in [0.2, 0.25) is 5.13 Å². The van der Waals surface area contributed by atoms with Crippen molar-refractivity contribution >= 4 is 56.6 Å². The zero-order valence-corrected chi connectivity index (χ0v) is 29.7. The number of rotatable bonds is 13. The van der Waals surface area contributed by atoms with Crippen LogP contribution >= 0.6 is 22.7 Å². The lowest BCUT2D eigenvalue weighted by Gasteiger charge is -2.23. The minimum absolute atomic E-state index is 0.0226. The molecule has 50 heavy (non-hydrogen) atoms. The molecule has 0 bridgehead atoms. The first-order valence-electron chi connectivity index (χ1n) is 16.1. The van der Waals surface area contributed by atoms with Crippen LogP contribution in [0.15, 0.2) is 57.5 Å². The van der Waals surface area contributed by atoms with Gasteiger partial charge in [-0.1, -0.05) is 38.5 Å². The summed E-state index contributed by atoms with van der Waals surface area (Å²) in [4.78, 5) is 35.3. The fourth-order valence-corrected chi connectivity index (χ4v) is 7.32. The first kappa shape index (κ1) is 35.7. The van der Waals surface area contributed by atoms with E-state index in [4.69, 9.17) is 14.2 Å². The molecule has 15 heteroatoms. The minimum Gasteiger partial charge on any atom is -0.485 e. The smallest absolute Gasteiger partial charge is 0.308 e. The third-order valence-corrected chi connectivity index (χ3v) is 10.0. The highest BCUT2D eigenvalue weighted by atomic mass is 32.1. The summed E-state index contributed by atoms with van der Waals surface area (Å²) in [5.41, 5.74) is 1.34. The Balaban J connectivity index is 1.40. The Kier molecular flexibility index (Phi) is 11.6. The summed E-state index contributed by atoms with van der Waals surface area (Å²) < 4.78 is 17.4. The zero-order chi connectivity index (χ0) is 35.8. The summed E-state index contributed by atoms with van der Waals surface area (Å²) in [7, 11) is 0. The number of azo groups is 1. The molecule has 2 aromatic heterocycles. The summed E-state index contributed by atoms with van der Waals surface area (Å²) in [5, 5.41) is 38.6. The molecule has 0 spiro atoms. The van der Waals surface area contributed by atoms with E-state index in [1.54, 1.807) is 20.0 Å². The van der Waals surface area contributed by atoms with Gasteiger partial charge in [0, 0.05) is 25.0 Å². The summed E-state index contributed by atoms with van der Waals surface area (Å²) in [5.74, 6) is -0.103. The molecule has 0 N–H and O–H groups in total. The summed E-state index contributed by atoms with van der Waals surface area (Å²) >= 11 is 2.49. The van der Waals surface area contributed by atoms with E-state index in [9.17, 15) is 25.4 Å². The third kappa shape index (κ3) is 7.37. The normalized spacial score (nSPS) is 13.8. The number of fused-ring (bicyclic) bond motifs is 1. The summed E-state index contributed by atoms with van der Waals surface area (Å²) in [6.07, 6.45) is 3.03. The van der Waals surface area contributed by atoms with E-state index in [-0.39, 0.29) is 54.1 Å². The van der Waals surface area contributed by atoms with E-state index in [1.165, 1.54) is 27.6 Å². The first-order valence-corrected chi connectivity index (χ1v) is 17.7. The summed E-state index contributed by atoms with van der Waals surface area (Å²) in [6.45, 7) is 10.00. The van der Waals surface area contributed by atoms with Gasteiger partial charge in [0.25, 0.3) is 5.91 Å². The van der Waals surface area contributed by atoms with Crippen molar-refractivity contribution in [2.75, 3.05) is 44.4 Å². The molecule has 256 valence electrons.